The Balaban J connectivity index is 0.00000300. The number of guanidine groups is 1. The topological polar surface area (TPSA) is 110 Å². The van der Waals surface area contributed by atoms with Crippen molar-refractivity contribution in [3.05, 3.63) is 24.2 Å². The number of aliphatic imine (C=N–C) groups is 1. The van der Waals surface area contributed by atoms with Crippen molar-refractivity contribution in [1.29, 1.82) is 0 Å². The number of rotatable bonds is 10. The molecule has 1 aliphatic rings. The highest BCUT2D eigenvalue weighted by Gasteiger charge is 2.13. The monoisotopic (exact) mass is 518 g/mol. The molecule has 3 N–H and O–H groups in total. The fourth-order valence-electron chi connectivity index (χ4n) is 2.92. The predicted molar refractivity (Wildman–Crippen MR) is 121 cm³/mol. The van der Waals surface area contributed by atoms with Gasteiger partial charge in [-0.15, -0.1) is 29.1 Å². The smallest absolute Gasteiger partial charge is 0.216 e. The van der Waals surface area contributed by atoms with Gasteiger partial charge in [-0.3, -0.25) is 5.10 Å². The Kier molecular flexibility index (Phi) is 11.0. The number of hydrogen-bond donors (Lipinski definition) is 3. The molecular weight excluding hydrogens is 487 g/mol. The molecule has 9 nitrogen and oxygen atoms in total. The lowest BCUT2D eigenvalue weighted by molar-refractivity contribution is 0.0203. The molecule has 1 fully saturated rings. The van der Waals surface area contributed by atoms with Gasteiger partial charge in [-0.2, -0.15) is 0 Å². The summed E-state index contributed by atoms with van der Waals surface area (Å²) in [4.78, 5) is 8.94. The number of nitrogens with one attached hydrogen (secondary N) is 3. The highest BCUT2D eigenvalue weighted by molar-refractivity contribution is 14.0. The molecular formula is C19H31IN6O3. The second kappa shape index (κ2) is 13.5. The van der Waals surface area contributed by atoms with Gasteiger partial charge in [0.05, 0.1) is 6.26 Å². The molecule has 1 saturated heterocycles. The fraction of sp³-hybridized carbons (Fsp3) is 0.632. The molecule has 0 spiro atoms. The van der Waals surface area contributed by atoms with Gasteiger partial charge >= 0.3 is 0 Å². The summed E-state index contributed by atoms with van der Waals surface area (Å²) in [6.07, 6.45) is 4.75. The molecule has 29 heavy (non-hydrogen) atoms. The normalized spacial score (nSPS) is 15.1. The van der Waals surface area contributed by atoms with Crippen molar-refractivity contribution in [2.75, 3.05) is 39.5 Å². The van der Waals surface area contributed by atoms with Crippen LogP contribution in [0, 0.1) is 5.92 Å². The molecule has 0 radical (unpaired) electrons. The Bertz CT molecular complexity index is 701. The summed E-state index contributed by atoms with van der Waals surface area (Å²) in [6, 6.07) is 3.63. The van der Waals surface area contributed by atoms with E-state index >= 15 is 0 Å². The van der Waals surface area contributed by atoms with Gasteiger partial charge in [0.1, 0.15) is 12.4 Å². The van der Waals surface area contributed by atoms with Crippen molar-refractivity contribution in [2.24, 2.45) is 10.9 Å². The van der Waals surface area contributed by atoms with Crippen molar-refractivity contribution >= 4 is 29.9 Å². The molecule has 3 heterocycles. The zero-order valence-corrected chi connectivity index (χ0v) is 19.2. The summed E-state index contributed by atoms with van der Waals surface area (Å²) in [5.74, 6) is 3.26. The first-order valence-electron chi connectivity index (χ1n) is 9.98. The van der Waals surface area contributed by atoms with Gasteiger partial charge in [0.15, 0.2) is 11.7 Å². The minimum Gasteiger partial charge on any atom is -0.461 e. The molecule has 10 heteroatoms. The number of aromatic nitrogens is 3. The molecule has 162 valence electrons. The van der Waals surface area contributed by atoms with Crippen LogP contribution in [0.3, 0.4) is 0 Å². The van der Waals surface area contributed by atoms with Gasteiger partial charge in [0.25, 0.3) is 0 Å². The van der Waals surface area contributed by atoms with Crippen LogP contribution in [0.4, 0.5) is 0 Å². The van der Waals surface area contributed by atoms with Crippen LogP contribution in [-0.2, 0) is 16.0 Å². The molecule has 0 bridgehead atoms. The van der Waals surface area contributed by atoms with Crippen LogP contribution in [-0.4, -0.2) is 60.7 Å². The van der Waals surface area contributed by atoms with E-state index in [-0.39, 0.29) is 24.0 Å². The Morgan fingerprint density at radius 1 is 1.34 bits per heavy atom. The van der Waals surface area contributed by atoms with E-state index in [9.17, 15) is 0 Å². The number of H-pyrrole nitrogens is 1. The zero-order chi connectivity index (χ0) is 19.4. The lowest BCUT2D eigenvalue weighted by atomic mass is 10.0. The number of halogens is 1. The Hall–Kier alpha value is -1.66. The molecule has 1 aliphatic heterocycles. The average Bonchev–Trinajstić information content (AvgIpc) is 3.41. The van der Waals surface area contributed by atoms with E-state index < -0.39 is 0 Å². The zero-order valence-electron chi connectivity index (χ0n) is 16.9. The maximum absolute atomic E-state index is 5.79. The predicted octanol–water partition coefficient (Wildman–Crippen LogP) is 2.57. The van der Waals surface area contributed by atoms with Crippen LogP contribution in [0.5, 0.6) is 0 Å². The van der Waals surface area contributed by atoms with Gasteiger partial charge < -0.3 is 24.5 Å². The van der Waals surface area contributed by atoms with Crippen LogP contribution in [0.2, 0.25) is 0 Å². The quantitative estimate of drug-likeness (QED) is 0.192. The first-order valence-corrected chi connectivity index (χ1v) is 9.98. The van der Waals surface area contributed by atoms with Crippen LogP contribution < -0.4 is 10.6 Å². The lowest BCUT2D eigenvalue weighted by Crippen LogP contribution is -2.38. The van der Waals surface area contributed by atoms with Crippen LogP contribution in [0.25, 0.3) is 11.6 Å². The highest BCUT2D eigenvalue weighted by Crippen LogP contribution is 2.15. The molecule has 0 amide bonds. The van der Waals surface area contributed by atoms with E-state index in [0.29, 0.717) is 29.9 Å². The third-order valence-electron chi connectivity index (χ3n) is 4.46. The molecule has 0 aromatic carbocycles. The van der Waals surface area contributed by atoms with Gasteiger partial charge in [-0.25, -0.2) is 9.98 Å². The van der Waals surface area contributed by atoms with Crippen molar-refractivity contribution in [3.63, 3.8) is 0 Å². The summed E-state index contributed by atoms with van der Waals surface area (Å²) in [6.45, 7) is 7.35. The molecule has 2 aromatic heterocycles. The molecule has 0 unspecified atom stereocenters. The van der Waals surface area contributed by atoms with Crippen LogP contribution in [0.15, 0.2) is 27.8 Å². The largest absolute Gasteiger partial charge is 0.461 e. The molecule has 2 aromatic rings. The molecule has 0 aliphatic carbocycles. The minimum atomic E-state index is 0. The van der Waals surface area contributed by atoms with Crippen molar-refractivity contribution < 1.29 is 13.9 Å². The SMILES string of the molecule is CCNC(=NCc1nc(-c2ccco2)n[nH]1)NCCCOCC1CCOCC1.I. The second-order valence-electron chi connectivity index (χ2n) is 6.69. The lowest BCUT2D eigenvalue weighted by Gasteiger charge is -2.21. The summed E-state index contributed by atoms with van der Waals surface area (Å²) in [5, 5.41) is 13.6. The third kappa shape index (κ3) is 8.31. The van der Waals surface area contributed by atoms with Gasteiger partial charge in [-0.1, -0.05) is 0 Å². The van der Waals surface area contributed by atoms with Crippen LogP contribution in [0.1, 0.15) is 32.0 Å². The first-order chi connectivity index (χ1) is 13.8. The summed E-state index contributed by atoms with van der Waals surface area (Å²) >= 11 is 0. The highest BCUT2D eigenvalue weighted by atomic mass is 127. The first kappa shape index (κ1) is 23.6. The van der Waals surface area contributed by atoms with Crippen LogP contribution >= 0.6 is 24.0 Å². The Labute approximate surface area is 188 Å². The third-order valence-corrected chi connectivity index (χ3v) is 4.46. The van der Waals surface area contributed by atoms with Crippen molar-refractivity contribution in [3.8, 4) is 11.6 Å². The minimum absolute atomic E-state index is 0. The Morgan fingerprint density at radius 2 is 2.21 bits per heavy atom. The summed E-state index contributed by atoms with van der Waals surface area (Å²) in [5.41, 5.74) is 0. The standard InChI is InChI=1S/C19H30N6O3.HI/c1-2-20-19(21-8-4-9-27-14-15-6-11-26-12-7-15)22-13-17-23-18(25-24-17)16-5-3-10-28-16;/h3,5,10,15H,2,4,6-9,11-14H2,1H3,(H2,20,21,22)(H,23,24,25);1H. The summed E-state index contributed by atoms with van der Waals surface area (Å²) < 4.78 is 16.5. The average molecular weight is 518 g/mol. The van der Waals surface area contributed by atoms with E-state index in [0.717, 1.165) is 64.7 Å². The molecule has 0 saturated carbocycles. The Morgan fingerprint density at radius 3 is 2.97 bits per heavy atom. The van der Waals surface area contributed by atoms with Crippen molar-refractivity contribution in [1.82, 2.24) is 25.8 Å². The van der Waals surface area contributed by atoms with E-state index in [1.807, 2.05) is 19.1 Å². The number of aromatic amines is 1. The maximum atomic E-state index is 5.79. The molecule has 3 rings (SSSR count). The van der Waals surface area contributed by atoms with Gasteiger partial charge in [-0.05, 0) is 44.2 Å². The number of nitrogens with zero attached hydrogens (tertiary/aromatic N) is 3. The van der Waals surface area contributed by atoms with Gasteiger partial charge in [0, 0.05) is 39.5 Å². The fourth-order valence-corrected chi connectivity index (χ4v) is 2.92. The van der Waals surface area contributed by atoms with Gasteiger partial charge in [0.2, 0.25) is 5.82 Å². The second-order valence-corrected chi connectivity index (χ2v) is 6.69. The van der Waals surface area contributed by atoms with E-state index in [1.165, 1.54) is 0 Å². The van der Waals surface area contributed by atoms with E-state index in [4.69, 9.17) is 13.9 Å². The number of ether oxygens (including phenoxy) is 2. The van der Waals surface area contributed by atoms with E-state index in [1.54, 1.807) is 6.26 Å². The maximum Gasteiger partial charge on any atom is 0.216 e. The number of furan rings is 1. The summed E-state index contributed by atoms with van der Waals surface area (Å²) in [7, 11) is 0. The van der Waals surface area contributed by atoms with Crippen molar-refractivity contribution in [2.45, 2.75) is 32.7 Å². The molecule has 0 atom stereocenters. The van der Waals surface area contributed by atoms with E-state index in [2.05, 4.69) is 30.8 Å². The number of hydrogen-bond acceptors (Lipinski definition) is 6.